The molecule has 0 unspecified atom stereocenters. The Labute approximate surface area is 50.2 Å². The van der Waals surface area contributed by atoms with Crippen LogP contribution in [0.4, 0.5) is 0 Å². The molecule has 0 atom stereocenters. The molecule has 0 aliphatic carbocycles. The van der Waals surface area contributed by atoms with Crippen LogP contribution < -0.4 is 5.73 Å². The predicted octanol–water partition coefficient (Wildman–Crippen LogP) is 1.59. The zero-order valence-electron chi connectivity index (χ0n) is 5.09. The van der Waals surface area contributed by atoms with Crippen molar-refractivity contribution >= 4 is 0 Å². The van der Waals surface area contributed by atoms with Crippen molar-refractivity contribution in [1.82, 2.24) is 0 Å². The van der Waals surface area contributed by atoms with Gasteiger partial charge in [-0.05, 0) is 19.1 Å². The SMILES string of the molecule is C=C/C=C(N)\C=C/C. The van der Waals surface area contributed by atoms with Crippen LogP contribution in [0, 0.1) is 0 Å². The topological polar surface area (TPSA) is 26.0 Å². The van der Waals surface area contributed by atoms with Gasteiger partial charge in [0.25, 0.3) is 0 Å². The van der Waals surface area contributed by atoms with Gasteiger partial charge in [0.1, 0.15) is 0 Å². The molecule has 0 spiro atoms. The Bertz CT molecular complexity index is 120. The molecule has 1 heteroatoms. The number of rotatable bonds is 2. The second-order valence-electron chi connectivity index (χ2n) is 1.40. The third kappa shape index (κ3) is 3.22. The summed E-state index contributed by atoms with van der Waals surface area (Å²) in [5, 5.41) is 0. The van der Waals surface area contributed by atoms with E-state index < -0.39 is 0 Å². The molecule has 0 rings (SSSR count). The lowest BCUT2D eigenvalue weighted by Crippen LogP contribution is -1.90. The fourth-order valence-electron chi connectivity index (χ4n) is 0.384. The van der Waals surface area contributed by atoms with E-state index in [9.17, 15) is 0 Å². The van der Waals surface area contributed by atoms with E-state index >= 15 is 0 Å². The van der Waals surface area contributed by atoms with Crippen LogP contribution in [0.5, 0.6) is 0 Å². The monoisotopic (exact) mass is 109 g/mol. The Hall–Kier alpha value is -0.980. The quantitative estimate of drug-likeness (QED) is 0.535. The average Bonchev–Trinajstić information content (AvgIpc) is 1.68. The van der Waals surface area contributed by atoms with Gasteiger partial charge in [0.2, 0.25) is 0 Å². The van der Waals surface area contributed by atoms with Crippen molar-refractivity contribution in [3.63, 3.8) is 0 Å². The van der Waals surface area contributed by atoms with Crippen molar-refractivity contribution in [2.75, 3.05) is 0 Å². The van der Waals surface area contributed by atoms with Gasteiger partial charge < -0.3 is 5.73 Å². The zero-order chi connectivity index (χ0) is 6.41. The summed E-state index contributed by atoms with van der Waals surface area (Å²) in [6.07, 6.45) is 7.12. The summed E-state index contributed by atoms with van der Waals surface area (Å²) in [6.45, 7) is 5.41. The molecule has 0 aliphatic rings. The molecule has 0 heterocycles. The maximum absolute atomic E-state index is 5.40. The maximum atomic E-state index is 5.40. The van der Waals surface area contributed by atoms with Crippen molar-refractivity contribution in [3.8, 4) is 0 Å². The molecule has 8 heavy (non-hydrogen) atoms. The summed E-state index contributed by atoms with van der Waals surface area (Å²) in [6, 6.07) is 0. The van der Waals surface area contributed by atoms with E-state index in [4.69, 9.17) is 5.73 Å². The normalized spacial score (nSPS) is 12.4. The average molecular weight is 109 g/mol. The van der Waals surface area contributed by atoms with Crippen molar-refractivity contribution in [2.24, 2.45) is 5.73 Å². The van der Waals surface area contributed by atoms with Crippen molar-refractivity contribution < 1.29 is 0 Å². The lowest BCUT2D eigenvalue weighted by atomic mass is 10.4. The highest BCUT2D eigenvalue weighted by Gasteiger charge is 1.71. The Morgan fingerprint density at radius 1 is 1.62 bits per heavy atom. The summed E-state index contributed by atoms with van der Waals surface area (Å²) in [5.41, 5.74) is 6.14. The van der Waals surface area contributed by atoms with Gasteiger partial charge >= 0.3 is 0 Å². The molecule has 0 radical (unpaired) electrons. The van der Waals surface area contributed by atoms with Gasteiger partial charge in [-0.3, -0.25) is 0 Å². The fourth-order valence-corrected chi connectivity index (χ4v) is 0.384. The highest BCUT2D eigenvalue weighted by Crippen LogP contribution is 1.84. The Balaban J connectivity index is 3.79. The third-order valence-electron chi connectivity index (χ3n) is 0.669. The predicted molar refractivity (Wildman–Crippen MR) is 37.3 cm³/mol. The molecule has 0 saturated carbocycles. The second kappa shape index (κ2) is 4.19. The molecule has 44 valence electrons. The van der Waals surface area contributed by atoms with Gasteiger partial charge in [-0.15, -0.1) is 0 Å². The highest BCUT2D eigenvalue weighted by molar-refractivity contribution is 5.18. The molecule has 2 N–H and O–H groups in total. The summed E-state index contributed by atoms with van der Waals surface area (Å²) >= 11 is 0. The highest BCUT2D eigenvalue weighted by atomic mass is 14.5. The van der Waals surface area contributed by atoms with Crippen molar-refractivity contribution in [2.45, 2.75) is 6.92 Å². The van der Waals surface area contributed by atoms with Crippen LogP contribution in [0.25, 0.3) is 0 Å². The zero-order valence-corrected chi connectivity index (χ0v) is 5.09. The first-order valence-electron chi connectivity index (χ1n) is 2.52. The lowest BCUT2D eigenvalue weighted by molar-refractivity contribution is 1.42. The van der Waals surface area contributed by atoms with Crippen LogP contribution in [0.2, 0.25) is 0 Å². The third-order valence-corrected chi connectivity index (χ3v) is 0.669. The molecule has 0 saturated heterocycles. The first kappa shape index (κ1) is 7.02. The standard InChI is InChI=1S/C7H11N/c1-3-5-7(8)6-4-2/h3-6H,1,8H2,2H3/b6-4-,7-5+. The lowest BCUT2D eigenvalue weighted by Gasteiger charge is -1.84. The van der Waals surface area contributed by atoms with E-state index in [0.717, 1.165) is 5.70 Å². The molecule has 0 aromatic carbocycles. The summed E-state index contributed by atoms with van der Waals surface area (Å²) in [7, 11) is 0. The molecule has 0 amide bonds. The van der Waals surface area contributed by atoms with Gasteiger partial charge in [-0.2, -0.15) is 0 Å². The number of hydrogen-bond acceptors (Lipinski definition) is 1. The Kier molecular flexibility index (Phi) is 3.67. The molecule has 0 bridgehead atoms. The van der Waals surface area contributed by atoms with E-state index in [0.29, 0.717) is 0 Å². The minimum absolute atomic E-state index is 0.738. The smallest absolute Gasteiger partial charge is 0.0310 e. The molecular formula is C7H11N. The summed E-state index contributed by atoms with van der Waals surface area (Å²) in [5.74, 6) is 0. The number of allylic oxidation sites excluding steroid dienone is 4. The molecule has 0 aliphatic heterocycles. The van der Waals surface area contributed by atoms with Crippen LogP contribution in [-0.2, 0) is 0 Å². The first-order valence-corrected chi connectivity index (χ1v) is 2.52. The fraction of sp³-hybridized carbons (Fsp3) is 0.143. The van der Waals surface area contributed by atoms with Gasteiger partial charge in [0.15, 0.2) is 0 Å². The molecule has 0 aromatic heterocycles. The second-order valence-corrected chi connectivity index (χ2v) is 1.40. The van der Waals surface area contributed by atoms with Crippen LogP contribution in [-0.4, -0.2) is 0 Å². The first-order chi connectivity index (χ1) is 3.81. The van der Waals surface area contributed by atoms with Gasteiger partial charge in [-0.25, -0.2) is 0 Å². The Morgan fingerprint density at radius 3 is 2.62 bits per heavy atom. The Morgan fingerprint density at radius 2 is 2.25 bits per heavy atom. The minimum atomic E-state index is 0.738. The van der Waals surface area contributed by atoms with Crippen LogP contribution in [0.1, 0.15) is 6.92 Å². The minimum Gasteiger partial charge on any atom is -0.399 e. The maximum Gasteiger partial charge on any atom is 0.0310 e. The van der Waals surface area contributed by atoms with E-state index in [1.165, 1.54) is 0 Å². The van der Waals surface area contributed by atoms with Gasteiger partial charge in [0.05, 0.1) is 0 Å². The molecule has 0 aromatic rings. The van der Waals surface area contributed by atoms with Crippen LogP contribution in [0.15, 0.2) is 36.6 Å². The van der Waals surface area contributed by atoms with Gasteiger partial charge in [-0.1, -0.05) is 18.7 Å². The van der Waals surface area contributed by atoms with Crippen LogP contribution in [0.3, 0.4) is 0 Å². The van der Waals surface area contributed by atoms with Crippen molar-refractivity contribution in [3.05, 3.63) is 36.6 Å². The summed E-state index contributed by atoms with van der Waals surface area (Å²) in [4.78, 5) is 0. The largest absolute Gasteiger partial charge is 0.399 e. The van der Waals surface area contributed by atoms with E-state index in [2.05, 4.69) is 6.58 Å². The van der Waals surface area contributed by atoms with E-state index in [1.54, 1.807) is 12.2 Å². The van der Waals surface area contributed by atoms with Crippen LogP contribution >= 0.6 is 0 Å². The molecular weight excluding hydrogens is 98.1 g/mol. The van der Waals surface area contributed by atoms with E-state index in [1.807, 2.05) is 19.1 Å². The summed E-state index contributed by atoms with van der Waals surface area (Å²) < 4.78 is 0. The number of hydrogen-bond donors (Lipinski definition) is 1. The van der Waals surface area contributed by atoms with Crippen molar-refractivity contribution in [1.29, 1.82) is 0 Å². The van der Waals surface area contributed by atoms with Gasteiger partial charge in [0, 0.05) is 5.70 Å². The van der Waals surface area contributed by atoms with E-state index in [-0.39, 0.29) is 0 Å². The molecule has 0 fully saturated rings. The molecule has 1 nitrogen and oxygen atoms in total. The number of nitrogens with two attached hydrogens (primary N) is 1.